The first-order chi connectivity index (χ1) is 10.1. The molecule has 21 heavy (non-hydrogen) atoms. The van der Waals surface area contributed by atoms with Crippen molar-refractivity contribution in [2.75, 3.05) is 0 Å². The van der Waals surface area contributed by atoms with E-state index in [1.165, 1.54) is 17.2 Å². The maximum Gasteiger partial charge on any atom is 0.130 e. The molecule has 0 saturated carbocycles. The van der Waals surface area contributed by atoms with E-state index in [1.807, 2.05) is 6.07 Å². The van der Waals surface area contributed by atoms with E-state index in [9.17, 15) is 9.50 Å². The lowest BCUT2D eigenvalue weighted by Crippen LogP contribution is -2.13. The second kappa shape index (κ2) is 6.17. The summed E-state index contributed by atoms with van der Waals surface area (Å²) in [6.07, 6.45) is 3.02. The summed E-state index contributed by atoms with van der Waals surface area (Å²) in [6, 6.07) is 12.8. The van der Waals surface area contributed by atoms with E-state index in [2.05, 4.69) is 18.2 Å². The van der Waals surface area contributed by atoms with Gasteiger partial charge < -0.3 is 5.11 Å². The van der Waals surface area contributed by atoms with E-state index in [0.717, 1.165) is 19.3 Å². The number of aryl methyl sites for hydroxylation is 1. The fourth-order valence-electron chi connectivity index (χ4n) is 3.27. The summed E-state index contributed by atoms with van der Waals surface area (Å²) < 4.78 is 13.9. The van der Waals surface area contributed by atoms with Crippen molar-refractivity contribution in [3.63, 3.8) is 0 Å². The van der Waals surface area contributed by atoms with Crippen molar-refractivity contribution >= 4 is 11.6 Å². The molecule has 1 aliphatic carbocycles. The van der Waals surface area contributed by atoms with Crippen molar-refractivity contribution in [1.29, 1.82) is 0 Å². The third kappa shape index (κ3) is 3.12. The Morgan fingerprint density at radius 1 is 1.24 bits per heavy atom. The summed E-state index contributed by atoms with van der Waals surface area (Å²) in [6.45, 7) is 0. The number of hydrogen-bond donors (Lipinski definition) is 1. The number of aliphatic hydroxyl groups is 1. The predicted octanol–water partition coefficient (Wildman–Crippen LogP) is 5.02. The van der Waals surface area contributed by atoms with Crippen LogP contribution in [0.15, 0.2) is 42.5 Å². The summed E-state index contributed by atoms with van der Waals surface area (Å²) in [5, 5.41) is 10.7. The van der Waals surface area contributed by atoms with Crippen LogP contribution in [0.5, 0.6) is 0 Å². The average molecular weight is 305 g/mol. The molecule has 110 valence electrons. The van der Waals surface area contributed by atoms with Crippen molar-refractivity contribution in [3.05, 3.63) is 70.0 Å². The average Bonchev–Trinajstić information content (AvgIpc) is 2.47. The van der Waals surface area contributed by atoms with Gasteiger partial charge in [0.1, 0.15) is 5.82 Å². The highest BCUT2D eigenvalue weighted by molar-refractivity contribution is 6.30. The molecule has 1 nitrogen and oxygen atoms in total. The molecular formula is C18H18ClFO. The first kappa shape index (κ1) is 14.6. The van der Waals surface area contributed by atoms with Gasteiger partial charge in [0.05, 0.1) is 6.10 Å². The Labute approximate surface area is 129 Å². The van der Waals surface area contributed by atoms with E-state index >= 15 is 0 Å². The highest BCUT2D eigenvalue weighted by Crippen LogP contribution is 2.38. The molecule has 0 fully saturated rings. The van der Waals surface area contributed by atoms with Gasteiger partial charge in [0.2, 0.25) is 0 Å². The molecule has 1 aliphatic rings. The van der Waals surface area contributed by atoms with Gasteiger partial charge in [0.15, 0.2) is 0 Å². The van der Waals surface area contributed by atoms with Gasteiger partial charge in [0.25, 0.3) is 0 Å². The molecule has 2 aromatic rings. The largest absolute Gasteiger partial charge is 0.388 e. The van der Waals surface area contributed by atoms with Crippen LogP contribution in [0.1, 0.15) is 48.0 Å². The third-order valence-electron chi connectivity index (χ3n) is 4.32. The molecule has 1 N–H and O–H groups in total. The summed E-state index contributed by atoms with van der Waals surface area (Å²) in [5.41, 5.74) is 3.00. The zero-order chi connectivity index (χ0) is 14.8. The number of hydrogen-bond acceptors (Lipinski definition) is 1. The van der Waals surface area contributed by atoms with Gasteiger partial charge in [-0.15, -0.1) is 0 Å². The summed E-state index contributed by atoms with van der Waals surface area (Å²) in [4.78, 5) is 0. The number of halogens is 2. The minimum atomic E-state index is -0.793. The number of fused-ring (bicyclic) bond motifs is 1. The van der Waals surface area contributed by atoms with Gasteiger partial charge in [-0.1, -0.05) is 41.9 Å². The van der Waals surface area contributed by atoms with E-state index in [0.29, 0.717) is 22.9 Å². The Hall–Kier alpha value is -1.38. The summed E-state index contributed by atoms with van der Waals surface area (Å²) >= 11 is 5.76. The molecule has 0 aromatic heterocycles. The highest BCUT2D eigenvalue weighted by atomic mass is 35.5. The fraction of sp³-hybridized carbons (Fsp3) is 0.333. The molecule has 0 spiro atoms. The quantitative estimate of drug-likeness (QED) is 0.844. The van der Waals surface area contributed by atoms with Crippen LogP contribution in [0.25, 0.3) is 0 Å². The van der Waals surface area contributed by atoms with Crippen LogP contribution < -0.4 is 0 Å². The van der Waals surface area contributed by atoms with Crippen LogP contribution in [-0.4, -0.2) is 5.11 Å². The first-order valence-corrected chi connectivity index (χ1v) is 7.74. The topological polar surface area (TPSA) is 20.2 Å². The number of rotatable bonds is 3. The standard InChI is InChI=1S/C18H18ClFO/c19-14-8-9-16(17(20)11-14)18(21)10-13-6-3-5-12-4-1-2-7-15(12)13/h1-2,4,7-9,11,13,18,21H,3,5-6,10H2. The zero-order valence-corrected chi connectivity index (χ0v) is 12.5. The SMILES string of the molecule is OC(CC1CCCc2ccccc21)c1ccc(Cl)cc1F. The normalized spacial score (nSPS) is 19.1. The molecule has 2 unspecified atom stereocenters. The van der Waals surface area contributed by atoms with Gasteiger partial charge in [0, 0.05) is 10.6 Å². The first-order valence-electron chi connectivity index (χ1n) is 7.36. The molecular weight excluding hydrogens is 287 g/mol. The monoisotopic (exact) mass is 304 g/mol. The van der Waals surface area contributed by atoms with Crippen LogP contribution in [0.4, 0.5) is 4.39 Å². The Bertz CT molecular complexity index is 641. The highest BCUT2D eigenvalue weighted by Gasteiger charge is 2.24. The molecule has 0 radical (unpaired) electrons. The maximum absolute atomic E-state index is 13.9. The van der Waals surface area contributed by atoms with E-state index in [-0.39, 0.29) is 0 Å². The van der Waals surface area contributed by atoms with Crippen LogP contribution in [0.2, 0.25) is 5.02 Å². The van der Waals surface area contributed by atoms with E-state index in [4.69, 9.17) is 11.6 Å². The van der Waals surface area contributed by atoms with Crippen LogP contribution in [-0.2, 0) is 6.42 Å². The molecule has 0 amide bonds. The molecule has 3 rings (SSSR count). The number of aliphatic hydroxyl groups excluding tert-OH is 1. The Balaban J connectivity index is 1.81. The Kier molecular flexibility index (Phi) is 4.27. The van der Waals surface area contributed by atoms with Gasteiger partial charge >= 0.3 is 0 Å². The van der Waals surface area contributed by atoms with Gasteiger partial charge in [-0.05, 0) is 54.9 Å². The van der Waals surface area contributed by atoms with Gasteiger partial charge in [-0.2, -0.15) is 0 Å². The lowest BCUT2D eigenvalue weighted by molar-refractivity contribution is 0.150. The summed E-state index contributed by atoms with van der Waals surface area (Å²) in [5.74, 6) is -0.140. The summed E-state index contributed by atoms with van der Waals surface area (Å²) in [7, 11) is 0. The van der Waals surface area contributed by atoms with Gasteiger partial charge in [-0.25, -0.2) is 4.39 Å². The molecule has 0 heterocycles. The third-order valence-corrected chi connectivity index (χ3v) is 4.56. The zero-order valence-electron chi connectivity index (χ0n) is 11.7. The lowest BCUT2D eigenvalue weighted by Gasteiger charge is -2.27. The van der Waals surface area contributed by atoms with Crippen LogP contribution in [0, 0.1) is 5.82 Å². The molecule has 2 aromatic carbocycles. The van der Waals surface area contributed by atoms with Crippen molar-refractivity contribution < 1.29 is 9.50 Å². The molecule has 0 aliphatic heterocycles. The van der Waals surface area contributed by atoms with E-state index < -0.39 is 11.9 Å². The van der Waals surface area contributed by atoms with Crippen molar-refractivity contribution in [2.45, 2.75) is 37.7 Å². The molecule has 2 atom stereocenters. The minimum absolute atomic E-state index is 0.292. The second-order valence-corrected chi connectivity index (χ2v) is 6.14. The molecule has 0 saturated heterocycles. The molecule has 0 bridgehead atoms. The second-order valence-electron chi connectivity index (χ2n) is 5.71. The maximum atomic E-state index is 13.9. The van der Waals surface area contributed by atoms with Crippen molar-refractivity contribution in [2.24, 2.45) is 0 Å². The van der Waals surface area contributed by atoms with Crippen LogP contribution >= 0.6 is 11.6 Å². The Morgan fingerprint density at radius 2 is 2.05 bits per heavy atom. The lowest BCUT2D eigenvalue weighted by atomic mass is 9.79. The predicted molar refractivity (Wildman–Crippen MR) is 83.1 cm³/mol. The molecule has 3 heteroatoms. The van der Waals surface area contributed by atoms with Crippen molar-refractivity contribution in [3.8, 4) is 0 Å². The van der Waals surface area contributed by atoms with E-state index in [1.54, 1.807) is 12.1 Å². The van der Waals surface area contributed by atoms with Gasteiger partial charge in [-0.3, -0.25) is 0 Å². The van der Waals surface area contributed by atoms with Crippen molar-refractivity contribution in [1.82, 2.24) is 0 Å². The fourth-order valence-corrected chi connectivity index (χ4v) is 3.43. The smallest absolute Gasteiger partial charge is 0.130 e. The Morgan fingerprint density at radius 3 is 2.86 bits per heavy atom. The minimum Gasteiger partial charge on any atom is -0.388 e. The van der Waals surface area contributed by atoms with Crippen LogP contribution in [0.3, 0.4) is 0 Å². The number of benzene rings is 2.